The van der Waals surface area contributed by atoms with Crippen molar-refractivity contribution in [1.82, 2.24) is 4.57 Å². The number of benzene rings is 2. The van der Waals surface area contributed by atoms with Gasteiger partial charge in [-0.2, -0.15) is 0 Å². The van der Waals surface area contributed by atoms with Crippen molar-refractivity contribution in [3.05, 3.63) is 92.1 Å². The molecule has 3 heterocycles. The van der Waals surface area contributed by atoms with Crippen LogP contribution >= 0.6 is 0 Å². The molecule has 4 aromatic rings. The van der Waals surface area contributed by atoms with Crippen LogP contribution in [0, 0.1) is 0 Å². The predicted octanol–water partition coefficient (Wildman–Crippen LogP) is 5.58. The van der Waals surface area contributed by atoms with Gasteiger partial charge in [-0.25, -0.2) is 4.79 Å². The first kappa shape index (κ1) is 24.4. The van der Waals surface area contributed by atoms with Crippen LogP contribution < -0.4 is 25.4 Å². The van der Waals surface area contributed by atoms with Crippen LogP contribution in [0.5, 0.6) is 17.2 Å². The van der Waals surface area contributed by atoms with Crippen molar-refractivity contribution >= 4 is 27.9 Å². The van der Waals surface area contributed by atoms with Crippen molar-refractivity contribution < 1.29 is 18.6 Å². The lowest BCUT2D eigenvalue weighted by Crippen LogP contribution is -2.32. The zero-order valence-corrected chi connectivity index (χ0v) is 21.5. The zero-order chi connectivity index (χ0) is 26.3. The fourth-order valence-electron chi connectivity index (χ4n) is 5.08. The molecule has 1 aliphatic rings. The fourth-order valence-corrected chi connectivity index (χ4v) is 5.08. The second kappa shape index (κ2) is 9.65. The third-order valence-electron chi connectivity index (χ3n) is 6.74. The van der Waals surface area contributed by atoms with Crippen molar-refractivity contribution in [2.24, 2.45) is 7.05 Å². The van der Waals surface area contributed by atoms with E-state index >= 15 is 0 Å². The average molecular weight is 500 g/mol. The maximum Gasteiger partial charge on any atom is 0.336 e. The minimum atomic E-state index is -0.466. The molecular formula is C30H29NO6. The lowest BCUT2D eigenvalue weighted by atomic mass is 9.87. The highest BCUT2D eigenvalue weighted by Gasteiger charge is 2.31. The van der Waals surface area contributed by atoms with Gasteiger partial charge < -0.3 is 23.2 Å². The van der Waals surface area contributed by atoms with Crippen molar-refractivity contribution in [3.63, 3.8) is 0 Å². The number of hydrogen-bond acceptors (Lipinski definition) is 6. The average Bonchev–Trinajstić information content (AvgIpc) is 2.89. The summed E-state index contributed by atoms with van der Waals surface area (Å²) < 4.78 is 24.8. The van der Waals surface area contributed by atoms with Gasteiger partial charge in [0.2, 0.25) is 0 Å². The number of para-hydroxylation sites is 1. The summed E-state index contributed by atoms with van der Waals surface area (Å²) in [5.74, 6) is 1.55. The van der Waals surface area contributed by atoms with Gasteiger partial charge in [0.1, 0.15) is 23.4 Å². The lowest BCUT2D eigenvalue weighted by molar-refractivity contribution is 0.212. The first-order valence-corrected chi connectivity index (χ1v) is 12.1. The summed E-state index contributed by atoms with van der Waals surface area (Å²) in [6.45, 7) is 4.06. The van der Waals surface area contributed by atoms with Crippen LogP contribution in [0.1, 0.15) is 37.3 Å². The highest BCUT2D eigenvalue weighted by molar-refractivity contribution is 5.93. The Balaban J connectivity index is 1.66. The maximum absolute atomic E-state index is 13.4. The second-order valence-electron chi connectivity index (χ2n) is 9.42. The third kappa shape index (κ3) is 4.31. The molecule has 0 radical (unpaired) electrons. The first-order chi connectivity index (χ1) is 17.8. The lowest BCUT2D eigenvalue weighted by Gasteiger charge is -2.30. The Morgan fingerprint density at radius 1 is 1.03 bits per heavy atom. The van der Waals surface area contributed by atoms with Gasteiger partial charge in [0.05, 0.1) is 36.2 Å². The van der Waals surface area contributed by atoms with Crippen LogP contribution in [0.4, 0.5) is 0 Å². The van der Waals surface area contributed by atoms with E-state index in [1.54, 1.807) is 38.0 Å². The van der Waals surface area contributed by atoms with E-state index in [0.29, 0.717) is 45.8 Å². The van der Waals surface area contributed by atoms with Crippen molar-refractivity contribution in [3.8, 4) is 17.2 Å². The van der Waals surface area contributed by atoms with Gasteiger partial charge in [-0.3, -0.25) is 4.79 Å². The van der Waals surface area contributed by atoms with Gasteiger partial charge in [0.25, 0.3) is 5.56 Å². The van der Waals surface area contributed by atoms with E-state index in [9.17, 15) is 9.59 Å². The molecule has 0 fully saturated rings. The second-order valence-corrected chi connectivity index (χ2v) is 9.42. The summed E-state index contributed by atoms with van der Waals surface area (Å²) in [5, 5.41) is 1.55. The fraction of sp³-hybridized carbons (Fsp3) is 0.267. The van der Waals surface area contributed by atoms with Crippen LogP contribution in [-0.2, 0) is 7.05 Å². The summed E-state index contributed by atoms with van der Waals surface area (Å²) in [5.41, 5.74) is 3.08. The Morgan fingerprint density at radius 3 is 2.51 bits per heavy atom. The number of rotatable bonds is 5. The van der Waals surface area contributed by atoms with Crippen LogP contribution in [0.3, 0.4) is 0 Å². The number of hydrogen-bond donors (Lipinski definition) is 0. The normalized spacial score (nSPS) is 17.0. The molecule has 37 heavy (non-hydrogen) atoms. The maximum atomic E-state index is 13.4. The molecule has 2 atom stereocenters. The number of pyridine rings is 1. The molecular weight excluding hydrogens is 470 g/mol. The SMILES string of the molecule is COc1cc(OC)c2ccc(=O)oc2c1C=CC1CC(C=C(C)C)c2c(c3ccccc3n(C)c2=O)O1. The van der Waals surface area contributed by atoms with E-state index in [-0.39, 0.29) is 17.6 Å². The molecule has 7 heteroatoms. The number of nitrogens with zero attached hydrogens (tertiary/aromatic N) is 1. The molecule has 2 aromatic carbocycles. The highest BCUT2D eigenvalue weighted by atomic mass is 16.5. The predicted molar refractivity (Wildman–Crippen MR) is 145 cm³/mol. The number of ether oxygens (including phenoxy) is 3. The van der Waals surface area contributed by atoms with Crippen LogP contribution in [0.15, 0.2) is 74.2 Å². The van der Waals surface area contributed by atoms with Crippen LogP contribution in [0.2, 0.25) is 0 Å². The Labute approximate surface area is 214 Å². The summed E-state index contributed by atoms with van der Waals surface area (Å²) in [7, 11) is 4.91. The number of fused-ring (bicyclic) bond motifs is 4. The smallest absolute Gasteiger partial charge is 0.336 e. The van der Waals surface area contributed by atoms with Gasteiger partial charge in [0.15, 0.2) is 5.58 Å². The number of methoxy groups -OCH3 is 2. The molecule has 0 saturated carbocycles. The zero-order valence-electron chi connectivity index (χ0n) is 21.5. The van der Waals surface area contributed by atoms with Gasteiger partial charge in [-0.1, -0.05) is 23.8 Å². The molecule has 0 aliphatic carbocycles. The monoisotopic (exact) mass is 499 g/mol. The van der Waals surface area contributed by atoms with E-state index in [0.717, 1.165) is 16.5 Å². The molecule has 2 unspecified atom stereocenters. The van der Waals surface area contributed by atoms with Crippen molar-refractivity contribution in [2.45, 2.75) is 32.3 Å². The van der Waals surface area contributed by atoms with Crippen molar-refractivity contribution in [2.75, 3.05) is 14.2 Å². The first-order valence-electron chi connectivity index (χ1n) is 12.1. The molecule has 2 aromatic heterocycles. The minimum Gasteiger partial charge on any atom is -0.496 e. The van der Waals surface area contributed by atoms with Crippen LogP contribution in [-0.4, -0.2) is 24.9 Å². The van der Waals surface area contributed by atoms with Crippen molar-refractivity contribution in [1.29, 1.82) is 0 Å². The van der Waals surface area contributed by atoms with E-state index in [2.05, 4.69) is 6.08 Å². The van der Waals surface area contributed by atoms with Gasteiger partial charge in [-0.05, 0) is 50.6 Å². The van der Waals surface area contributed by atoms with Gasteiger partial charge in [0, 0.05) is 30.5 Å². The summed E-state index contributed by atoms with van der Waals surface area (Å²) >= 11 is 0. The third-order valence-corrected chi connectivity index (χ3v) is 6.74. The Bertz CT molecular complexity index is 1690. The molecule has 0 saturated heterocycles. The molecule has 7 nitrogen and oxygen atoms in total. The topological polar surface area (TPSA) is 79.9 Å². The summed E-state index contributed by atoms with van der Waals surface area (Å²) in [4.78, 5) is 25.5. The summed E-state index contributed by atoms with van der Waals surface area (Å²) in [6, 6.07) is 12.6. The molecule has 5 rings (SSSR count). The molecule has 0 N–H and O–H groups in total. The van der Waals surface area contributed by atoms with E-state index in [4.69, 9.17) is 18.6 Å². The van der Waals surface area contributed by atoms with E-state index in [1.165, 1.54) is 6.07 Å². The molecule has 0 amide bonds. The van der Waals surface area contributed by atoms with Gasteiger partial charge >= 0.3 is 5.63 Å². The molecule has 0 spiro atoms. The number of aryl methyl sites for hydroxylation is 1. The largest absolute Gasteiger partial charge is 0.496 e. The number of aromatic nitrogens is 1. The van der Waals surface area contributed by atoms with Gasteiger partial charge in [-0.15, -0.1) is 0 Å². The van der Waals surface area contributed by atoms with E-state index in [1.807, 2.05) is 50.3 Å². The molecule has 1 aliphatic heterocycles. The molecule has 0 bridgehead atoms. The Kier molecular flexibility index (Phi) is 6.38. The summed E-state index contributed by atoms with van der Waals surface area (Å²) in [6.07, 6.45) is 6.16. The molecule has 190 valence electrons. The minimum absolute atomic E-state index is 0.0526. The van der Waals surface area contributed by atoms with E-state index < -0.39 is 5.63 Å². The van der Waals surface area contributed by atoms with Crippen LogP contribution in [0.25, 0.3) is 27.9 Å². The quantitative estimate of drug-likeness (QED) is 0.264. The standard InChI is InChI=1S/C30H29NO6/c1-17(2)14-18-15-19(36-29-20-8-6-7-9-23(20)31(3)30(33)27(18)29)10-11-21-24(34-4)16-25(35-5)22-12-13-26(32)37-28(21)22/h6-14,16,18-19H,15H2,1-5H3. The highest BCUT2D eigenvalue weighted by Crippen LogP contribution is 2.41. The Morgan fingerprint density at radius 2 is 1.78 bits per heavy atom. The number of allylic oxidation sites excluding steroid dienone is 2. The Hall–Kier alpha value is -4.26.